The molecule has 1 N–H and O–H groups in total. The summed E-state index contributed by atoms with van der Waals surface area (Å²) in [6.07, 6.45) is 0.445. The van der Waals surface area contributed by atoms with E-state index < -0.39 is 11.7 Å². The molecule has 2 unspecified atom stereocenters. The van der Waals surface area contributed by atoms with Crippen LogP contribution in [-0.4, -0.2) is 13.1 Å². The molecular formula is C21H27NO2. The van der Waals surface area contributed by atoms with E-state index in [-0.39, 0.29) is 5.92 Å². The second kappa shape index (κ2) is 8.00. The monoisotopic (exact) mass is 325 g/mol. The lowest BCUT2D eigenvalue weighted by Gasteiger charge is -2.40. The van der Waals surface area contributed by atoms with Crippen LogP contribution in [0.4, 0.5) is 4.79 Å². The van der Waals surface area contributed by atoms with Gasteiger partial charge in [0.05, 0.1) is 0 Å². The number of nitrogens with one attached hydrogen (secondary N) is 1. The van der Waals surface area contributed by atoms with E-state index in [9.17, 15) is 4.79 Å². The molecule has 0 heterocycles. The third kappa shape index (κ3) is 4.16. The Kier molecular flexibility index (Phi) is 6.02. The van der Waals surface area contributed by atoms with Gasteiger partial charge in [-0.05, 0) is 30.4 Å². The van der Waals surface area contributed by atoms with E-state index in [1.807, 2.05) is 55.5 Å². The Bertz CT molecular complexity index is 639. The molecule has 24 heavy (non-hydrogen) atoms. The highest BCUT2D eigenvalue weighted by atomic mass is 16.6. The highest BCUT2D eigenvalue weighted by Crippen LogP contribution is 2.40. The summed E-state index contributed by atoms with van der Waals surface area (Å²) in [4.78, 5) is 12.0. The normalized spacial score (nSPS) is 14.7. The minimum absolute atomic E-state index is 0.152. The van der Waals surface area contributed by atoms with E-state index in [0.29, 0.717) is 5.92 Å². The van der Waals surface area contributed by atoms with E-state index in [1.165, 1.54) is 5.56 Å². The van der Waals surface area contributed by atoms with Gasteiger partial charge in [0.15, 0.2) is 0 Å². The third-order valence-corrected chi connectivity index (χ3v) is 4.67. The van der Waals surface area contributed by atoms with Crippen LogP contribution in [0.25, 0.3) is 0 Å². The average molecular weight is 325 g/mol. The molecule has 128 valence electrons. The largest absolute Gasteiger partial charge is 0.438 e. The predicted molar refractivity (Wildman–Crippen MR) is 97.8 cm³/mol. The first-order chi connectivity index (χ1) is 11.5. The molecule has 2 atom stereocenters. The molecule has 0 fully saturated rings. The number of alkyl carbamates (subject to hydrolysis) is 1. The molecule has 0 aliphatic heterocycles. The van der Waals surface area contributed by atoms with Gasteiger partial charge in [-0.25, -0.2) is 4.79 Å². The van der Waals surface area contributed by atoms with E-state index in [0.717, 1.165) is 12.0 Å². The van der Waals surface area contributed by atoms with Gasteiger partial charge in [0, 0.05) is 13.0 Å². The van der Waals surface area contributed by atoms with Gasteiger partial charge in [-0.15, -0.1) is 0 Å². The number of hydrogen-bond acceptors (Lipinski definition) is 2. The molecule has 0 aromatic heterocycles. The number of benzene rings is 2. The second-order valence-electron chi connectivity index (χ2n) is 6.65. The number of ether oxygens (including phenoxy) is 1. The van der Waals surface area contributed by atoms with Crippen LogP contribution < -0.4 is 5.32 Å². The molecule has 0 spiro atoms. The zero-order valence-corrected chi connectivity index (χ0v) is 15.0. The maximum absolute atomic E-state index is 12.0. The van der Waals surface area contributed by atoms with Crippen molar-refractivity contribution in [2.45, 2.75) is 32.8 Å². The van der Waals surface area contributed by atoms with Gasteiger partial charge >= 0.3 is 6.09 Å². The first-order valence-corrected chi connectivity index (χ1v) is 8.47. The lowest BCUT2D eigenvalue weighted by atomic mass is 9.73. The maximum atomic E-state index is 12.0. The van der Waals surface area contributed by atoms with Gasteiger partial charge < -0.3 is 10.1 Å². The molecule has 2 rings (SSSR count). The van der Waals surface area contributed by atoms with Crippen molar-refractivity contribution in [1.29, 1.82) is 0 Å². The average Bonchev–Trinajstić information content (AvgIpc) is 2.60. The summed E-state index contributed by atoms with van der Waals surface area (Å²) in [5, 5.41) is 2.59. The van der Waals surface area contributed by atoms with E-state index in [2.05, 4.69) is 31.3 Å². The predicted octanol–water partition coefficient (Wildman–Crippen LogP) is 4.77. The van der Waals surface area contributed by atoms with Crippen LogP contribution in [-0.2, 0) is 16.8 Å². The number of amides is 1. The van der Waals surface area contributed by atoms with Gasteiger partial charge in [-0.2, -0.15) is 0 Å². The zero-order chi connectivity index (χ0) is 17.6. The minimum Gasteiger partial charge on any atom is -0.438 e. The summed E-state index contributed by atoms with van der Waals surface area (Å²) in [6.45, 7) is 6.38. The van der Waals surface area contributed by atoms with E-state index >= 15 is 0 Å². The van der Waals surface area contributed by atoms with Crippen molar-refractivity contribution in [2.24, 2.45) is 11.8 Å². The Morgan fingerprint density at radius 3 is 2.08 bits per heavy atom. The fourth-order valence-corrected chi connectivity index (χ4v) is 3.30. The first-order valence-electron chi connectivity index (χ1n) is 8.47. The number of hydrogen-bond donors (Lipinski definition) is 1. The van der Waals surface area contributed by atoms with Gasteiger partial charge in [0.1, 0.15) is 5.60 Å². The molecule has 0 bridgehead atoms. The lowest BCUT2D eigenvalue weighted by Crippen LogP contribution is -2.43. The Morgan fingerprint density at radius 2 is 1.58 bits per heavy atom. The number of carbonyl (C=O) groups is 1. The molecule has 1 amide bonds. The summed E-state index contributed by atoms with van der Waals surface area (Å²) < 4.78 is 5.92. The quantitative estimate of drug-likeness (QED) is 0.830. The molecule has 0 aliphatic carbocycles. The van der Waals surface area contributed by atoms with Crippen LogP contribution in [0.2, 0.25) is 0 Å². The van der Waals surface area contributed by atoms with Crippen molar-refractivity contribution in [1.82, 2.24) is 5.32 Å². The van der Waals surface area contributed by atoms with Crippen molar-refractivity contribution in [3.63, 3.8) is 0 Å². The molecule has 0 saturated heterocycles. The first kappa shape index (κ1) is 18.1. The summed E-state index contributed by atoms with van der Waals surface area (Å²) in [7, 11) is 1.59. The highest BCUT2D eigenvalue weighted by Gasteiger charge is 2.41. The fraction of sp³-hybridized carbons (Fsp3) is 0.381. The van der Waals surface area contributed by atoms with Gasteiger partial charge in [0.2, 0.25) is 0 Å². The smallest absolute Gasteiger partial charge is 0.407 e. The second-order valence-corrected chi connectivity index (χ2v) is 6.65. The zero-order valence-electron chi connectivity index (χ0n) is 15.0. The standard InChI is InChI=1S/C21H27NO2/c1-16(2)19(15-17-11-7-5-8-12-17)21(3,24-20(23)22-4)18-13-9-6-10-14-18/h5-14,16,19H,15H2,1-4H3,(H,22,23). The SMILES string of the molecule is CNC(=O)OC(C)(c1ccccc1)C(Cc1ccccc1)C(C)C. The summed E-state index contributed by atoms with van der Waals surface area (Å²) in [5.74, 6) is 0.500. The van der Waals surface area contributed by atoms with Crippen molar-refractivity contribution in [3.05, 3.63) is 71.8 Å². The molecule has 0 aliphatic rings. The minimum atomic E-state index is -0.703. The molecular weight excluding hydrogens is 298 g/mol. The third-order valence-electron chi connectivity index (χ3n) is 4.67. The van der Waals surface area contributed by atoms with Crippen LogP contribution in [0.5, 0.6) is 0 Å². The van der Waals surface area contributed by atoms with Crippen molar-refractivity contribution in [3.8, 4) is 0 Å². The molecule has 0 radical (unpaired) electrons. The maximum Gasteiger partial charge on any atom is 0.407 e. The molecule has 3 heteroatoms. The summed E-state index contributed by atoms with van der Waals surface area (Å²) in [6, 6.07) is 20.4. The van der Waals surface area contributed by atoms with E-state index in [1.54, 1.807) is 7.05 Å². The van der Waals surface area contributed by atoms with Crippen molar-refractivity contribution < 1.29 is 9.53 Å². The Labute approximate surface area is 145 Å². The van der Waals surface area contributed by atoms with Crippen LogP contribution in [0, 0.1) is 11.8 Å². The molecule has 2 aromatic carbocycles. The van der Waals surface area contributed by atoms with Crippen molar-refractivity contribution in [2.75, 3.05) is 7.05 Å². The van der Waals surface area contributed by atoms with Gasteiger partial charge in [-0.1, -0.05) is 74.5 Å². The molecule has 2 aromatic rings. The Hall–Kier alpha value is -2.29. The van der Waals surface area contributed by atoms with E-state index in [4.69, 9.17) is 4.74 Å². The van der Waals surface area contributed by atoms with Crippen LogP contribution >= 0.6 is 0 Å². The molecule has 0 saturated carbocycles. The van der Waals surface area contributed by atoms with Gasteiger partial charge in [0.25, 0.3) is 0 Å². The van der Waals surface area contributed by atoms with Crippen LogP contribution in [0.3, 0.4) is 0 Å². The van der Waals surface area contributed by atoms with Gasteiger partial charge in [-0.3, -0.25) is 0 Å². The molecule has 3 nitrogen and oxygen atoms in total. The number of carbonyl (C=O) groups excluding carboxylic acids is 1. The Morgan fingerprint density at radius 1 is 1.04 bits per heavy atom. The fourth-order valence-electron chi connectivity index (χ4n) is 3.30. The van der Waals surface area contributed by atoms with Crippen LogP contribution in [0.1, 0.15) is 31.9 Å². The summed E-state index contributed by atoms with van der Waals surface area (Å²) >= 11 is 0. The summed E-state index contributed by atoms with van der Waals surface area (Å²) in [5.41, 5.74) is 1.56. The van der Waals surface area contributed by atoms with Crippen molar-refractivity contribution >= 4 is 6.09 Å². The topological polar surface area (TPSA) is 38.3 Å². The Balaban J connectivity index is 2.43. The lowest BCUT2D eigenvalue weighted by molar-refractivity contribution is -0.0405. The number of rotatable bonds is 6. The van der Waals surface area contributed by atoms with Crippen LogP contribution in [0.15, 0.2) is 60.7 Å². The highest BCUT2D eigenvalue weighted by molar-refractivity contribution is 5.67.